The van der Waals surface area contributed by atoms with E-state index in [4.69, 9.17) is 27.9 Å². The molecule has 1 amide bonds. The number of anilines is 1. The molecule has 1 N–H and O–H groups in total. The van der Waals surface area contributed by atoms with Crippen molar-refractivity contribution in [2.45, 2.75) is 50.3 Å². The van der Waals surface area contributed by atoms with Gasteiger partial charge in [0.15, 0.2) is 10.1 Å². The number of aromatic nitrogens is 4. The van der Waals surface area contributed by atoms with E-state index in [0.29, 0.717) is 55.3 Å². The number of pyridine rings is 1. The van der Waals surface area contributed by atoms with Crippen molar-refractivity contribution in [1.82, 2.24) is 19.6 Å². The molecule has 1 unspecified atom stereocenters. The van der Waals surface area contributed by atoms with E-state index in [9.17, 15) is 14.7 Å². The summed E-state index contributed by atoms with van der Waals surface area (Å²) in [6.45, 7) is 8.48. The van der Waals surface area contributed by atoms with Crippen LogP contribution >= 0.6 is 46.3 Å². The van der Waals surface area contributed by atoms with Crippen LogP contribution in [-0.4, -0.2) is 43.0 Å². The number of carbonyl (C=O) groups is 2. The molecule has 2 aromatic carbocycles. The second-order valence-corrected chi connectivity index (χ2v) is 14.6. The molecule has 0 saturated carbocycles. The number of fused-ring (bicyclic) bond motifs is 1. The van der Waals surface area contributed by atoms with Crippen LogP contribution in [-0.2, 0) is 15.3 Å². The van der Waals surface area contributed by atoms with Gasteiger partial charge in [0.1, 0.15) is 17.1 Å². The lowest BCUT2D eigenvalue weighted by atomic mass is 9.96. The second-order valence-electron chi connectivity index (χ2n) is 11.6. The third-order valence-electron chi connectivity index (χ3n) is 7.86. The minimum Gasteiger partial charge on any atom is -0.505 e. The zero-order chi connectivity index (χ0) is 33.4. The van der Waals surface area contributed by atoms with Crippen molar-refractivity contribution < 1.29 is 19.4 Å². The summed E-state index contributed by atoms with van der Waals surface area (Å²) >= 11 is 15.0. The molecule has 3 aromatic heterocycles. The van der Waals surface area contributed by atoms with Gasteiger partial charge in [-0.15, -0.1) is 10.2 Å². The molecule has 1 atom stereocenters. The molecule has 0 spiro atoms. The summed E-state index contributed by atoms with van der Waals surface area (Å²) in [7, 11) is 0. The number of carbonyl (C=O) groups excluding carboxylic acids is 2. The Bertz CT molecular complexity index is 2040. The highest BCUT2D eigenvalue weighted by Gasteiger charge is 2.49. The quantitative estimate of drug-likeness (QED) is 0.0506. The number of ether oxygens (including phenoxy) is 1. The summed E-state index contributed by atoms with van der Waals surface area (Å²) in [6.07, 6.45) is 2.70. The number of hydrogen-bond donors (Lipinski definition) is 1. The zero-order valence-electron chi connectivity index (χ0n) is 26.0. The van der Waals surface area contributed by atoms with Crippen molar-refractivity contribution in [3.63, 3.8) is 0 Å². The van der Waals surface area contributed by atoms with E-state index in [2.05, 4.69) is 29.0 Å². The fourth-order valence-electron chi connectivity index (χ4n) is 5.34. The predicted molar refractivity (Wildman–Crippen MR) is 187 cm³/mol. The average Bonchev–Trinajstić information content (AvgIpc) is 3.71. The molecule has 242 valence electrons. The smallest absolute Gasteiger partial charge is 0.301 e. The van der Waals surface area contributed by atoms with Crippen LogP contribution in [0.4, 0.5) is 5.13 Å². The Labute approximate surface area is 290 Å². The van der Waals surface area contributed by atoms with Crippen molar-refractivity contribution in [1.29, 1.82) is 0 Å². The van der Waals surface area contributed by atoms with Gasteiger partial charge in [-0.3, -0.25) is 14.5 Å². The third-order valence-corrected chi connectivity index (χ3v) is 10.6. The lowest BCUT2D eigenvalue weighted by Gasteiger charge is -2.23. The topological polar surface area (TPSA) is 110 Å². The number of halogens is 2. The molecule has 1 fully saturated rings. The standard InChI is InChI=1S/C34H31Cl2N5O4S2/c1-18(2)12-14-45-24-9-5-8-21(15-24)28-26(29(42)27-20(4)40-13-6-7-19(3)31(40)37-27)30(43)32(44)41(28)33-38-39-34(47-33)46-17-22-10-11-23(35)16-25(22)36/h5-11,13,15-16,18,28,42H,12,14,17H2,1-4H3. The zero-order valence-corrected chi connectivity index (χ0v) is 29.2. The molecule has 47 heavy (non-hydrogen) atoms. The lowest BCUT2D eigenvalue weighted by Crippen LogP contribution is -2.29. The fraction of sp³-hybridized carbons (Fsp3) is 0.265. The maximum absolute atomic E-state index is 13.8. The van der Waals surface area contributed by atoms with Crippen LogP contribution in [0.1, 0.15) is 54.4 Å². The van der Waals surface area contributed by atoms with Crippen LogP contribution in [0.15, 0.2) is 70.7 Å². The summed E-state index contributed by atoms with van der Waals surface area (Å²) in [5.74, 6) is -0.490. The van der Waals surface area contributed by atoms with Crippen molar-refractivity contribution in [2.24, 2.45) is 5.92 Å². The Morgan fingerprint density at radius 1 is 1.09 bits per heavy atom. The number of thioether (sulfide) groups is 1. The van der Waals surface area contributed by atoms with Crippen molar-refractivity contribution in [3.05, 3.63) is 104 Å². The second kappa shape index (κ2) is 13.7. The first-order valence-electron chi connectivity index (χ1n) is 14.9. The number of nitrogens with zero attached hydrogens (tertiary/aromatic N) is 5. The molecule has 13 heteroatoms. The number of rotatable bonds is 10. The van der Waals surface area contributed by atoms with E-state index in [-0.39, 0.29) is 22.2 Å². The van der Waals surface area contributed by atoms with Crippen LogP contribution in [0.25, 0.3) is 11.4 Å². The maximum Gasteiger partial charge on any atom is 0.301 e. The minimum absolute atomic E-state index is 0.0872. The number of imidazole rings is 1. The number of aryl methyl sites for hydroxylation is 2. The maximum atomic E-state index is 13.8. The van der Waals surface area contributed by atoms with Gasteiger partial charge in [0, 0.05) is 22.0 Å². The van der Waals surface area contributed by atoms with Crippen LogP contribution in [0.5, 0.6) is 5.75 Å². The Morgan fingerprint density at radius 2 is 1.89 bits per heavy atom. The number of benzene rings is 2. The first kappa shape index (κ1) is 33.0. The molecular formula is C34H31Cl2N5O4S2. The molecule has 0 radical (unpaired) electrons. The van der Waals surface area contributed by atoms with Gasteiger partial charge in [0.05, 0.1) is 23.9 Å². The van der Waals surface area contributed by atoms with Crippen LogP contribution in [0, 0.1) is 19.8 Å². The summed E-state index contributed by atoms with van der Waals surface area (Å²) in [4.78, 5) is 33.7. The van der Waals surface area contributed by atoms with E-state index < -0.39 is 17.7 Å². The van der Waals surface area contributed by atoms with Gasteiger partial charge >= 0.3 is 5.91 Å². The predicted octanol–water partition coefficient (Wildman–Crippen LogP) is 8.45. The first-order chi connectivity index (χ1) is 22.5. The highest BCUT2D eigenvalue weighted by molar-refractivity contribution is 8.00. The molecule has 5 aromatic rings. The average molecular weight is 709 g/mol. The minimum atomic E-state index is -1.01. The number of aliphatic hydroxyl groups excluding tert-OH is 1. The molecule has 6 rings (SSSR count). The Kier molecular flexibility index (Phi) is 9.61. The number of aliphatic hydroxyl groups is 1. The van der Waals surface area contributed by atoms with Crippen LogP contribution < -0.4 is 9.64 Å². The lowest BCUT2D eigenvalue weighted by molar-refractivity contribution is -0.132. The highest BCUT2D eigenvalue weighted by atomic mass is 35.5. The van der Waals surface area contributed by atoms with Gasteiger partial charge in [-0.25, -0.2) is 4.98 Å². The van der Waals surface area contributed by atoms with E-state index in [1.807, 2.05) is 48.7 Å². The Balaban J connectivity index is 1.42. The normalized spacial score (nSPS) is 16.1. The van der Waals surface area contributed by atoms with Gasteiger partial charge in [-0.2, -0.15) is 0 Å². The Hall–Kier alpha value is -3.90. The largest absolute Gasteiger partial charge is 0.505 e. The number of ketones is 1. The Morgan fingerprint density at radius 3 is 2.64 bits per heavy atom. The van der Waals surface area contributed by atoms with Crippen LogP contribution in [0.2, 0.25) is 10.0 Å². The van der Waals surface area contributed by atoms with Crippen molar-refractivity contribution in [3.8, 4) is 5.75 Å². The van der Waals surface area contributed by atoms with E-state index in [1.165, 1.54) is 28.0 Å². The molecule has 4 heterocycles. The number of hydrogen-bond acceptors (Lipinski definition) is 9. The monoisotopic (exact) mass is 707 g/mol. The fourth-order valence-corrected chi connectivity index (χ4v) is 7.77. The van der Waals surface area contributed by atoms with Crippen molar-refractivity contribution >= 4 is 74.5 Å². The van der Waals surface area contributed by atoms with Gasteiger partial charge < -0.3 is 14.2 Å². The SMILES string of the molecule is Cc1cccn2c(C)c(C(O)=C3C(=O)C(=O)N(c4nnc(SCc5ccc(Cl)cc5Cl)s4)C3c3cccc(OCCC(C)C)c3)nc12. The molecule has 0 bridgehead atoms. The van der Waals surface area contributed by atoms with Crippen molar-refractivity contribution in [2.75, 3.05) is 11.5 Å². The summed E-state index contributed by atoms with van der Waals surface area (Å²) in [5.41, 5.74) is 3.75. The van der Waals surface area contributed by atoms with Gasteiger partial charge in [-0.05, 0) is 73.2 Å². The van der Waals surface area contributed by atoms with Gasteiger partial charge in [-0.1, -0.05) is 84.4 Å². The summed E-state index contributed by atoms with van der Waals surface area (Å²) in [6, 6.07) is 15.3. The number of amides is 1. The van der Waals surface area contributed by atoms with E-state index in [1.54, 1.807) is 30.3 Å². The van der Waals surface area contributed by atoms with Gasteiger partial charge in [0.2, 0.25) is 5.13 Å². The third kappa shape index (κ3) is 6.62. The molecule has 9 nitrogen and oxygen atoms in total. The van der Waals surface area contributed by atoms with E-state index in [0.717, 1.165) is 17.5 Å². The van der Waals surface area contributed by atoms with Gasteiger partial charge in [0.25, 0.3) is 5.78 Å². The molecule has 0 aliphatic carbocycles. The number of Topliss-reactive ketones (excluding diaryl/α,β-unsaturated/α-hetero) is 1. The first-order valence-corrected chi connectivity index (χ1v) is 17.5. The molecule has 1 aliphatic heterocycles. The molecular weight excluding hydrogens is 677 g/mol. The molecule has 1 saturated heterocycles. The van der Waals surface area contributed by atoms with E-state index >= 15 is 0 Å². The summed E-state index contributed by atoms with van der Waals surface area (Å²) < 4.78 is 8.45. The summed E-state index contributed by atoms with van der Waals surface area (Å²) in [5, 5.41) is 21.7. The van der Waals surface area contributed by atoms with Crippen LogP contribution in [0.3, 0.4) is 0 Å². The highest BCUT2D eigenvalue weighted by Crippen LogP contribution is 2.45. The molecule has 1 aliphatic rings.